The normalized spacial score (nSPS) is 13.7. The van der Waals surface area contributed by atoms with Crippen LogP contribution in [0.1, 0.15) is 34.6 Å². The van der Waals surface area contributed by atoms with E-state index in [-0.39, 0.29) is 5.69 Å². The Morgan fingerprint density at radius 1 is 1.14 bits per heavy atom. The highest BCUT2D eigenvalue weighted by atomic mass is 32.2. The molecule has 0 aliphatic rings. The maximum atomic E-state index is 12.9. The molecule has 7 nitrogen and oxygen atoms in total. The van der Waals surface area contributed by atoms with Crippen LogP contribution in [0.2, 0.25) is 0 Å². The second-order valence-corrected chi connectivity index (χ2v) is 9.15. The van der Waals surface area contributed by atoms with Gasteiger partial charge in [-0.1, -0.05) is 29.8 Å². The maximum absolute atomic E-state index is 12.9. The highest BCUT2D eigenvalue weighted by molar-refractivity contribution is 7.91. The Morgan fingerprint density at radius 2 is 1.86 bits per heavy atom. The second kappa shape index (κ2) is 7.93. The smallest absolute Gasteiger partial charge is 0.270 e. The van der Waals surface area contributed by atoms with Crippen LogP contribution in [0, 0.1) is 6.92 Å². The van der Waals surface area contributed by atoms with Gasteiger partial charge in [0.05, 0.1) is 17.0 Å². The standard InChI is InChI=1S/C20H22N4O3S/c1-14-5-7-16(8-6-14)19(15(2)28(3,26)27)23-20(25)18-13-17(9-11-21-18)24-12-4-10-22-24/h4-13,15,19H,1-3H3,(H,23,25)/t15-,19+/m1/s1. The fraction of sp³-hybridized carbons (Fsp3) is 0.250. The zero-order valence-corrected chi connectivity index (χ0v) is 16.7. The first-order valence-electron chi connectivity index (χ1n) is 8.78. The average molecular weight is 398 g/mol. The summed E-state index contributed by atoms with van der Waals surface area (Å²) in [6.45, 7) is 3.54. The number of sulfone groups is 1. The van der Waals surface area contributed by atoms with Gasteiger partial charge in [0.15, 0.2) is 9.84 Å². The Bertz CT molecular complexity index is 1060. The largest absolute Gasteiger partial charge is 0.343 e. The van der Waals surface area contributed by atoms with Crippen LogP contribution < -0.4 is 5.32 Å². The molecule has 1 aromatic carbocycles. The first-order valence-corrected chi connectivity index (χ1v) is 10.7. The molecule has 1 amide bonds. The summed E-state index contributed by atoms with van der Waals surface area (Å²) in [5.74, 6) is -0.449. The van der Waals surface area contributed by atoms with Crippen LogP contribution in [0.25, 0.3) is 5.69 Å². The van der Waals surface area contributed by atoms with Crippen molar-refractivity contribution in [2.75, 3.05) is 6.26 Å². The highest BCUT2D eigenvalue weighted by Crippen LogP contribution is 2.23. The summed E-state index contributed by atoms with van der Waals surface area (Å²) < 4.78 is 25.9. The zero-order chi connectivity index (χ0) is 20.3. The molecule has 146 valence electrons. The van der Waals surface area contributed by atoms with Crippen molar-refractivity contribution in [1.82, 2.24) is 20.1 Å². The number of benzene rings is 1. The lowest BCUT2D eigenvalue weighted by molar-refractivity contribution is 0.0931. The Hall–Kier alpha value is -3.00. The van der Waals surface area contributed by atoms with Crippen molar-refractivity contribution in [3.05, 3.63) is 77.9 Å². The average Bonchev–Trinajstić information content (AvgIpc) is 3.20. The summed E-state index contributed by atoms with van der Waals surface area (Å²) in [5, 5.41) is 6.18. The maximum Gasteiger partial charge on any atom is 0.270 e. The molecule has 0 fully saturated rings. The van der Waals surface area contributed by atoms with Gasteiger partial charge >= 0.3 is 0 Å². The third-order valence-electron chi connectivity index (χ3n) is 4.61. The quantitative estimate of drug-likeness (QED) is 0.688. The number of nitrogens with one attached hydrogen (secondary N) is 1. The molecule has 3 aromatic rings. The SMILES string of the molecule is Cc1ccc([C@@H](NC(=O)c2cc(-n3cccn3)ccn2)[C@@H](C)S(C)(=O)=O)cc1. The Kier molecular flexibility index (Phi) is 5.60. The molecule has 0 unspecified atom stereocenters. The van der Waals surface area contributed by atoms with Gasteiger partial charge in [-0.2, -0.15) is 5.10 Å². The van der Waals surface area contributed by atoms with Gasteiger partial charge < -0.3 is 5.32 Å². The van der Waals surface area contributed by atoms with E-state index in [1.165, 1.54) is 12.5 Å². The lowest BCUT2D eigenvalue weighted by Crippen LogP contribution is -2.38. The molecule has 2 heterocycles. The predicted octanol–water partition coefficient (Wildman–Crippen LogP) is 2.48. The van der Waals surface area contributed by atoms with E-state index in [1.54, 1.807) is 42.2 Å². The van der Waals surface area contributed by atoms with Gasteiger partial charge in [0.1, 0.15) is 5.69 Å². The van der Waals surface area contributed by atoms with Crippen LogP contribution in [0.3, 0.4) is 0 Å². The number of carbonyl (C=O) groups excluding carboxylic acids is 1. The highest BCUT2D eigenvalue weighted by Gasteiger charge is 2.29. The van der Waals surface area contributed by atoms with Gasteiger partial charge in [0.2, 0.25) is 0 Å². The predicted molar refractivity (Wildman–Crippen MR) is 107 cm³/mol. The van der Waals surface area contributed by atoms with Gasteiger partial charge in [-0.3, -0.25) is 9.78 Å². The topological polar surface area (TPSA) is 93.9 Å². The monoisotopic (exact) mass is 398 g/mol. The summed E-state index contributed by atoms with van der Waals surface area (Å²) in [7, 11) is -3.38. The number of aromatic nitrogens is 3. The molecule has 8 heteroatoms. The van der Waals surface area contributed by atoms with Crippen LogP contribution in [0.15, 0.2) is 61.1 Å². The first kappa shape index (κ1) is 19.8. The van der Waals surface area contributed by atoms with Crippen molar-refractivity contribution >= 4 is 15.7 Å². The fourth-order valence-corrected chi connectivity index (χ4v) is 3.54. The summed E-state index contributed by atoms with van der Waals surface area (Å²) in [5.41, 5.74) is 2.65. The van der Waals surface area contributed by atoms with Crippen molar-refractivity contribution in [2.45, 2.75) is 25.1 Å². The Balaban J connectivity index is 1.91. The summed E-state index contributed by atoms with van der Waals surface area (Å²) in [6.07, 6.45) is 6.09. The number of aryl methyl sites for hydroxylation is 1. The van der Waals surface area contributed by atoms with E-state index in [2.05, 4.69) is 15.4 Å². The molecule has 0 saturated carbocycles. The molecule has 3 rings (SSSR count). The number of hydrogen-bond acceptors (Lipinski definition) is 5. The number of nitrogens with zero attached hydrogens (tertiary/aromatic N) is 3. The van der Waals surface area contributed by atoms with E-state index in [9.17, 15) is 13.2 Å². The van der Waals surface area contributed by atoms with Gasteiger partial charge in [0.25, 0.3) is 5.91 Å². The minimum absolute atomic E-state index is 0.186. The third-order valence-corrected chi connectivity index (χ3v) is 6.24. The van der Waals surface area contributed by atoms with E-state index in [0.717, 1.165) is 11.1 Å². The van der Waals surface area contributed by atoms with Crippen LogP contribution in [-0.4, -0.2) is 40.6 Å². The summed E-state index contributed by atoms with van der Waals surface area (Å²) in [4.78, 5) is 17.0. The van der Waals surface area contributed by atoms with Gasteiger partial charge in [-0.05, 0) is 37.6 Å². The number of amides is 1. The van der Waals surface area contributed by atoms with Crippen molar-refractivity contribution in [2.24, 2.45) is 0 Å². The van der Waals surface area contributed by atoms with Crippen molar-refractivity contribution in [3.63, 3.8) is 0 Å². The fourth-order valence-electron chi connectivity index (χ4n) is 2.82. The first-order chi connectivity index (χ1) is 13.3. The molecule has 2 aromatic heterocycles. The third kappa shape index (κ3) is 4.45. The lowest BCUT2D eigenvalue weighted by Gasteiger charge is -2.24. The van der Waals surface area contributed by atoms with Crippen LogP contribution in [0.4, 0.5) is 0 Å². The number of rotatable bonds is 6. The van der Waals surface area contributed by atoms with E-state index in [4.69, 9.17) is 0 Å². The van der Waals surface area contributed by atoms with Crippen molar-refractivity contribution < 1.29 is 13.2 Å². The molecule has 2 atom stereocenters. The van der Waals surface area contributed by atoms with E-state index in [1.807, 2.05) is 31.2 Å². The zero-order valence-electron chi connectivity index (χ0n) is 15.9. The minimum Gasteiger partial charge on any atom is -0.343 e. The van der Waals surface area contributed by atoms with Crippen LogP contribution in [-0.2, 0) is 9.84 Å². The van der Waals surface area contributed by atoms with Crippen molar-refractivity contribution in [3.8, 4) is 5.69 Å². The Labute approximate surface area is 164 Å². The second-order valence-electron chi connectivity index (χ2n) is 6.75. The molecule has 1 N–H and O–H groups in total. The molecule has 0 radical (unpaired) electrons. The Morgan fingerprint density at radius 3 is 2.46 bits per heavy atom. The van der Waals surface area contributed by atoms with Crippen LogP contribution in [0.5, 0.6) is 0 Å². The van der Waals surface area contributed by atoms with Gasteiger partial charge in [-0.15, -0.1) is 0 Å². The van der Waals surface area contributed by atoms with Gasteiger partial charge in [-0.25, -0.2) is 13.1 Å². The van der Waals surface area contributed by atoms with E-state index >= 15 is 0 Å². The number of pyridine rings is 1. The molecule has 0 saturated heterocycles. The number of hydrogen-bond donors (Lipinski definition) is 1. The van der Waals surface area contributed by atoms with E-state index < -0.39 is 27.0 Å². The molecular formula is C20H22N4O3S. The van der Waals surface area contributed by atoms with Gasteiger partial charge in [0, 0.05) is 24.8 Å². The molecule has 0 bridgehead atoms. The van der Waals surface area contributed by atoms with E-state index in [0.29, 0.717) is 5.69 Å². The van der Waals surface area contributed by atoms with Crippen molar-refractivity contribution in [1.29, 1.82) is 0 Å². The summed E-state index contributed by atoms with van der Waals surface area (Å²) >= 11 is 0. The molecular weight excluding hydrogens is 376 g/mol. The molecule has 0 spiro atoms. The lowest BCUT2D eigenvalue weighted by atomic mass is 10.0. The molecule has 0 aliphatic heterocycles. The number of carbonyl (C=O) groups is 1. The summed E-state index contributed by atoms with van der Waals surface area (Å²) in [6, 6.07) is 11.9. The minimum atomic E-state index is -3.38. The molecule has 0 aliphatic carbocycles. The van der Waals surface area contributed by atoms with Crippen LogP contribution >= 0.6 is 0 Å². The molecule has 28 heavy (non-hydrogen) atoms.